The van der Waals surface area contributed by atoms with E-state index in [1.165, 1.54) is 59.8 Å². The summed E-state index contributed by atoms with van der Waals surface area (Å²) in [7, 11) is -2.64. The predicted octanol–water partition coefficient (Wildman–Crippen LogP) is 3.00. The molecule has 384 valence electrons. The summed E-state index contributed by atoms with van der Waals surface area (Å²) in [6.45, 7) is -1.78. The minimum atomic E-state index is -5.24. The van der Waals surface area contributed by atoms with E-state index in [1.807, 2.05) is 0 Å². The molecule has 0 aromatic carbocycles. The Morgan fingerprint density at radius 1 is 0.814 bits per heavy atom. The highest BCUT2D eigenvalue weighted by atomic mass is 32.7. The SMILES string of the molecule is C=C1NC(=O)N([C@H]2C[C@H](OP(=O)(O)O[C@H]3[C@@H](OC)[C@H](n4cnc5c(N)ncnc54)O[C@@H]3COP(=O)(S)O[C@H]3[C@@H](OC)[C@H](n4cnc5c(N)ncnc54)O[C@@H]3COP(=O)(S)OC(C)C)[C@@H](CO)O2)C=C1C. The summed E-state index contributed by atoms with van der Waals surface area (Å²) in [5.74, 6) is 0.117. The highest BCUT2D eigenvalue weighted by Crippen LogP contribution is 2.59. The van der Waals surface area contributed by atoms with Crippen LogP contribution in [0.25, 0.3) is 22.3 Å². The maximum atomic E-state index is 14.5. The minimum Gasteiger partial charge on any atom is -0.394 e. The smallest absolute Gasteiger partial charge is 0.394 e. The van der Waals surface area contributed by atoms with Crippen LogP contribution in [-0.2, 0) is 64.5 Å². The number of methoxy groups -OCH3 is 2. The third kappa shape index (κ3) is 11.1. The van der Waals surface area contributed by atoms with Gasteiger partial charge < -0.3 is 50.5 Å². The Hall–Kier alpha value is -3.68. The largest absolute Gasteiger partial charge is 0.473 e. The standard InChI is InChI=1S/C36H51N12O17P3S2/c1-16(2)62-67(53,69)57-11-22-27(29(56-6)35(61-22)48-15-44-25-31(38)40-13-42-33(25)48)65-68(54,70)58-10-21-26(28(55-5)34(60-21)47-14-43-24-30(37)39-12-41-32(24)47)64-66(51,52)63-19-7-23(59-20(19)9-49)46-8-17(3)18(4)45-36(46)50/h8,12-16,19-23,26-29,34-35,49H,4,7,9-11H2,1-3,5-6H3,(H,45,50)(H,51,52)(H,53,69)(H,54,70)(H2,37,39,41)(H2,38,40,42)/t19-,20+,21+,22+,23+,26+,27+,28+,29+,34+,35+,67?,68?/m0/s1. The van der Waals surface area contributed by atoms with Gasteiger partial charge in [0.1, 0.15) is 78.7 Å². The zero-order valence-corrected chi connectivity index (χ0v) is 42.3. The van der Waals surface area contributed by atoms with Crippen LogP contribution in [0.1, 0.15) is 39.6 Å². The van der Waals surface area contributed by atoms with Gasteiger partial charge in [-0.2, -0.15) is 0 Å². The van der Waals surface area contributed by atoms with Gasteiger partial charge in [-0.05, 0) is 26.3 Å². The number of aliphatic hydroxyl groups is 1. The number of nitrogens with zero attached hydrogens (tertiary/aromatic N) is 9. The molecule has 3 fully saturated rings. The van der Waals surface area contributed by atoms with Crippen molar-refractivity contribution in [2.24, 2.45) is 0 Å². The van der Waals surface area contributed by atoms with Crippen molar-refractivity contribution in [1.82, 2.24) is 49.3 Å². The Labute approximate surface area is 408 Å². The molecule has 0 radical (unpaired) electrons. The molecular weight excluding hydrogens is 1030 g/mol. The number of allylic oxidation sites excluding steroid dienone is 1. The number of phosphoric ester groups is 1. The van der Waals surface area contributed by atoms with E-state index in [9.17, 15) is 28.5 Å². The number of carbonyl (C=O) groups is 1. The summed E-state index contributed by atoms with van der Waals surface area (Å²) < 4.78 is 109. The normalized spacial score (nSPS) is 31.0. The number of urea groups is 1. The van der Waals surface area contributed by atoms with Crippen molar-refractivity contribution >= 4 is 85.9 Å². The van der Waals surface area contributed by atoms with Gasteiger partial charge in [0, 0.05) is 32.5 Å². The molecule has 70 heavy (non-hydrogen) atoms. The number of aromatic nitrogens is 8. The van der Waals surface area contributed by atoms with Crippen LogP contribution in [0, 0.1) is 0 Å². The molecular formula is C36H51N12O17P3S2. The second kappa shape index (κ2) is 21.0. The van der Waals surface area contributed by atoms with Gasteiger partial charge in [-0.3, -0.25) is 41.2 Å². The van der Waals surface area contributed by atoms with E-state index in [0.29, 0.717) is 11.3 Å². The summed E-state index contributed by atoms with van der Waals surface area (Å²) in [5, 5.41) is 12.8. The Kier molecular flexibility index (Phi) is 15.8. The summed E-state index contributed by atoms with van der Waals surface area (Å²) in [4.78, 5) is 50.6. The summed E-state index contributed by atoms with van der Waals surface area (Å²) in [5.41, 5.74) is 13.9. The lowest BCUT2D eigenvalue weighted by atomic mass is 10.1. The average Bonchev–Trinajstić information content (AvgIpc) is 4.12. The van der Waals surface area contributed by atoms with Crippen molar-refractivity contribution in [1.29, 1.82) is 0 Å². The first kappa shape index (κ1) is 52.6. The Bertz CT molecular complexity index is 2780. The first-order valence-corrected chi connectivity index (χ1v) is 28.0. The molecule has 4 aliphatic heterocycles. The molecule has 8 rings (SSSR count). The number of amides is 2. The van der Waals surface area contributed by atoms with Gasteiger partial charge in [-0.1, -0.05) is 31.1 Å². The Balaban J connectivity index is 1.05. The van der Waals surface area contributed by atoms with E-state index in [4.69, 9.17) is 62.3 Å². The van der Waals surface area contributed by atoms with Gasteiger partial charge in [0.25, 0.3) is 0 Å². The first-order chi connectivity index (χ1) is 33.1. The minimum absolute atomic E-state index is 0.0393. The number of nitrogens with one attached hydrogen (secondary N) is 1. The van der Waals surface area contributed by atoms with Gasteiger partial charge in [0.15, 0.2) is 35.4 Å². The number of hydrogen-bond acceptors (Lipinski definition) is 24. The van der Waals surface area contributed by atoms with E-state index < -0.39 is 121 Å². The number of ether oxygens (including phenoxy) is 5. The molecule has 0 aliphatic carbocycles. The molecule has 4 aromatic rings. The summed E-state index contributed by atoms with van der Waals surface area (Å²) in [6.07, 6.45) is -8.10. The van der Waals surface area contributed by atoms with E-state index in [0.717, 1.165) is 0 Å². The van der Waals surface area contributed by atoms with Crippen molar-refractivity contribution in [3.8, 4) is 0 Å². The van der Waals surface area contributed by atoms with Crippen LogP contribution in [0.2, 0.25) is 0 Å². The quantitative estimate of drug-likeness (QED) is 0.0494. The van der Waals surface area contributed by atoms with Gasteiger partial charge in [-0.15, -0.1) is 0 Å². The summed E-state index contributed by atoms with van der Waals surface area (Å²) >= 11 is 8.37. The number of nitrogen functional groups attached to an aromatic ring is 2. The summed E-state index contributed by atoms with van der Waals surface area (Å²) in [6, 6.07) is -0.583. The zero-order valence-electron chi connectivity index (χ0n) is 37.8. The lowest BCUT2D eigenvalue weighted by Crippen LogP contribution is -2.45. The highest BCUT2D eigenvalue weighted by Gasteiger charge is 2.54. The fourth-order valence-electron chi connectivity index (χ4n) is 8.16. The molecule has 3 unspecified atom stereocenters. The van der Waals surface area contributed by atoms with Crippen LogP contribution in [0.3, 0.4) is 0 Å². The number of thiol groups is 2. The zero-order chi connectivity index (χ0) is 50.4. The maximum Gasteiger partial charge on any atom is 0.473 e. The molecule has 0 saturated carbocycles. The molecule has 7 N–H and O–H groups in total. The molecule has 0 bridgehead atoms. The lowest BCUT2D eigenvalue weighted by Gasteiger charge is -2.30. The number of nitrogens with two attached hydrogens (primary N) is 2. The van der Waals surface area contributed by atoms with Crippen LogP contribution in [0.15, 0.2) is 49.4 Å². The first-order valence-electron chi connectivity index (χ1n) is 21.1. The van der Waals surface area contributed by atoms with E-state index >= 15 is 0 Å². The average molecular weight is 1080 g/mol. The second-order valence-corrected chi connectivity index (χ2v) is 23.4. The van der Waals surface area contributed by atoms with Crippen molar-refractivity contribution in [2.75, 3.05) is 45.5 Å². The molecule has 0 spiro atoms. The molecule has 4 aromatic heterocycles. The molecule has 8 heterocycles. The molecule has 4 aliphatic rings. The lowest BCUT2D eigenvalue weighted by molar-refractivity contribution is -0.0599. The van der Waals surface area contributed by atoms with Crippen molar-refractivity contribution in [3.05, 3.63) is 49.4 Å². The number of anilines is 2. The predicted molar refractivity (Wildman–Crippen MR) is 248 cm³/mol. The monoisotopic (exact) mass is 1080 g/mol. The van der Waals surface area contributed by atoms with Crippen LogP contribution in [0.4, 0.5) is 16.4 Å². The number of imidazole rings is 2. The number of rotatable bonds is 20. The fourth-order valence-corrected chi connectivity index (χ4v) is 12.5. The van der Waals surface area contributed by atoms with Crippen molar-refractivity contribution < 1.29 is 79.3 Å². The molecule has 14 atom stereocenters. The van der Waals surface area contributed by atoms with Gasteiger partial charge in [0.2, 0.25) is 0 Å². The number of phosphoric acid groups is 1. The molecule has 3 saturated heterocycles. The van der Waals surface area contributed by atoms with Gasteiger partial charge >= 0.3 is 27.4 Å². The maximum absolute atomic E-state index is 14.5. The molecule has 34 heteroatoms. The number of aliphatic hydroxyl groups excluding tert-OH is 1. The number of carbonyl (C=O) groups excluding carboxylic acids is 1. The Morgan fingerprint density at radius 2 is 1.34 bits per heavy atom. The fraction of sp³-hybridized carbons (Fsp3) is 0.583. The van der Waals surface area contributed by atoms with Gasteiger partial charge in [0.05, 0.1) is 38.6 Å². The van der Waals surface area contributed by atoms with Crippen LogP contribution in [-0.4, -0.2) is 155 Å². The third-order valence-electron chi connectivity index (χ3n) is 11.3. The topological polar surface area (TPSA) is 365 Å². The van der Waals surface area contributed by atoms with Crippen molar-refractivity contribution in [2.45, 2.75) is 101 Å². The molecule has 2 amide bonds. The van der Waals surface area contributed by atoms with E-state index in [2.05, 4.69) is 66.3 Å². The van der Waals surface area contributed by atoms with Crippen LogP contribution in [0.5, 0.6) is 0 Å². The number of hydrogen-bond donors (Lipinski definition) is 7. The van der Waals surface area contributed by atoms with Crippen LogP contribution >= 0.6 is 45.9 Å². The Morgan fingerprint density at radius 3 is 1.86 bits per heavy atom. The number of fused-ring (bicyclic) bond motifs is 2. The third-order valence-corrected chi connectivity index (χ3v) is 15.8. The van der Waals surface area contributed by atoms with E-state index in [1.54, 1.807) is 20.8 Å². The van der Waals surface area contributed by atoms with Gasteiger partial charge in [-0.25, -0.2) is 48.4 Å². The van der Waals surface area contributed by atoms with E-state index in [-0.39, 0.29) is 40.4 Å². The highest BCUT2D eigenvalue weighted by molar-refractivity contribution is 8.44. The second-order valence-electron chi connectivity index (χ2n) is 16.3. The van der Waals surface area contributed by atoms with Crippen LogP contribution < -0.4 is 16.8 Å². The molecule has 29 nitrogen and oxygen atoms in total. The van der Waals surface area contributed by atoms with Crippen molar-refractivity contribution in [3.63, 3.8) is 0 Å².